The van der Waals surface area contributed by atoms with Crippen molar-refractivity contribution in [3.8, 4) is 0 Å². The lowest BCUT2D eigenvalue weighted by atomic mass is 9.50. The van der Waals surface area contributed by atoms with Crippen LogP contribution in [0, 0.1) is 23.7 Å². The van der Waals surface area contributed by atoms with Gasteiger partial charge in [-0.2, -0.15) is 0 Å². The van der Waals surface area contributed by atoms with Crippen LogP contribution in [0.2, 0.25) is 0 Å². The first-order chi connectivity index (χ1) is 6.78. The maximum atomic E-state index is 5.92. The minimum absolute atomic E-state index is 0.202. The van der Waals surface area contributed by atoms with Gasteiger partial charge in [0.05, 0.1) is 5.60 Å². The third kappa shape index (κ3) is 1.10. The quantitative estimate of drug-likeness (QED) is 0.692. The number of ether oxygens (including phenoxy) is 1. The SMILES string of the molecule is COC1(CBr)C2CC3CC(C2)CC1C3. The molecule has 0 aliphatic heterocycles. The van der Waals surface area contributed by atoms with E-state index >= 15 is 0 Å². The van der Waals surface area contributed by atoms with E-state index in [0.29, 0.717) is 0 Å². The monoisotopic (exact) mass is 258 g/mol. The largest absolute Gasteiger partial charge is 0.377 e. The van der Waals surface area contributed by atoms with E-state index < -0.39 is 0 Å². The number of hydrogen-bond donors (Lipinski definition) is 0. The van der Waals surface area contributed by atoms with E-state index in [1.165, 1.54) is 32.1 Å². The van der Waals surface area contributed by atoms with Gasteiger partial charge in [-0.3, -0.25) is 0 Å². The van der Waals surface area contributed by atoms with Gasteiger partial charge in [0.25, 0.3) is 0 Å². The van der Waals surface area contributed by atoms with Crippen LogP contribution in [0.4, 0.5) is 0 Å². The van der Waals surface area contributed by atoms with E-state index in [0.717, 1.165) is 29.0 Å². The van der Waals surface area contributed by atoms with Crippen LogP contribution in [-0.2, 0) is 4.74 Å². The van der Waals surface area contributed by atoms with Crippen molar-refractivity contribution in [3.63, 3.8) is 0 Å². The Bertz CT molecular complexity index is 204. The van der Waals surface area contributed by atoms with Crippen molar-refractivity contribution in [2.45, 2.75) is 37.7 Å². The molecule has 0 saturated heterocycles. The molecule has 80 valence electrons. The smallest absolute Gasteiger partial charge is 0.0831 e. The summed E-state index contributed by atoms with van der Waals surface area (Å²) in [5.41, 5.74) is 0.202. The highest BCUT2D eigenvalue weighted by Gasteiger charge is 2.56. The van der Waals surface area contributed by atoms with Crippen LogP contribution in [0.1, 0.15) is 32.1 Å². The average Bonchev–Trinajstić information content (AvgIpc) is 2.18. The molecule has 4 saturated carbocycles. The molecule has 4 aliphatic rings. The highest BCUT2D eigenvalue weighted by molar-refractivity contribution is 9.09. The molecule has 1 nitrogen and oxygen atoms in total. The standard InChI is InChI=1S/C12H19BrO/c1-14-12(7-13)10-3-8-2-9(5-10)6-11(12)4-8/h8-11H,2-7H2,1H3. The fraction of sp³-hybridized carbons (Fsp3) is 1.00. The fourth-order valence-electron chi connectivity index (χ4n) is 4.59. The zero-order valence-corrected chi connectivity index (χ0v) is 10.4. The predicted octanol–water partition coefficient (Wildman–Crippen LogP) is 3.22. The van der Waals surface area contributed by atoms with Gasteiger partial charge in [0.15, 0.2) is 0 Å². The number of halogens is 1. The van der Waals surface area contributed by atoms with Crippen LogP contribution in [0.5, 0.6) is 0 Å². The lowest BCUT2D eigenvalue weighted by molar-refractivity contribution is -0.175. The van der Waals surface area contributed by atoms with E-state index in [2.05, 4.69) is 15.9 Å². The molecule has 4 bridgehead atoms. The summed E-state index contributed by atoms with van der Waals surface area (Å²) >= 11 is 3.69. The molecular formula is C12H19BrO. The molecule has 0 radical (unpaired) electrons. The molecule has 14 heavy (non-hydrogen) atoms. The van der Waals surface area contributed by atoms with Crippen LogP contribution in [0.15, 0.2) is 0 Å². The second-order valence-electron chi connectivity index (χ2n) is 5.60. The highest BCUT2D eigenvalue weighted by atomic mass is 79.9. The van der Waals surface area contributed by atoms with Gasteiger partial charge in [-0.25, -0.2) is 0 Å². The molecule has 0 heterocycles. The minimum atomic E-state index is 0.202. The molecular weight excluding hydrogens is 240 g/mol. The lowest BCUT2D eigenvalue weighted by Crippen LogP contribution is -2.59. The Hall–Kier alpha value is 0.440. The van der Waals surface area contributed by atoms with Gasteiger partial charge >= 0.3 is 0 Å². The Labute approximate surface area is 94.7 Å². The number of methoxy groups -OCH3 is 1. The Morgan fingerprint density at radius 3 is 1.93 bits per heavy atom. The van der Waals surface area contributed by atoms with Crippen LogP contribution >= 0.6 is 15.9 Å². The third-order valence-corrected chi connectivity index (χ3v) is 5.99. The van der Waals surface area contributed by atoms with Crippen LogP contribution in [-0.4, -0.2) is 18.0 Å². The van der Waals surface area contributed by atoms with Gasteiger partial charge in [0.2, 0.25) is 0 Å². The van der Waals surface area contributed by atoms with Crippen molar-refractivity contribution in [2.24, 2.45) is 23.7 Å². The van der Waals surface area contributed by atoms with Crippen molar-refractivity contribution < 1.29 is 4.74 Å². The van der Waals surface area contributed by atoms with Gasteiger partial charge in [-0.1, -0.05) is 15.9 Å². The number of alkyl halides is 1. The van der Waals surface area contributed by atoms with E-state index in [4.69, 9.17) is 4.74 Å². The summed E-state index contributed by atoms with van der Waals surface area (Å²) in [6.07, 6.45) is 7.27. The van der Waals surface area contributed by atoms with Crippen LogP contribution in [0.3, 0.4) is 0 Å². The molecule has 2 heteroatoms. The van der Waals surface area contributed by atoms with Gasteiger partial charge in [-0.15, -0.1) is 0 Å². The highest BCUT2D eigenvalue weighted by Crippen LogP contribution is 2.59. The van der Waals surface area contributed by atoms with E-state index in [1.54, 1.807) is 0 Å². The molecule has 0 amide bonds. The van der Waals surface area contributed by atoms with Crippen molar-refractivity contribution in [3.05, 3.63) is 0 Å². The Morgan fingerprint density at radius 1 is 1.07 bits per heavy atom. The van der Waals surface area contributed by atoms with Crippen molar-refractivity contribution in [1.29, 1.82) is 0 Å². The van der Waals surface area contributed by atoms with Crippen molar-refractivity contribution >= 4 is 15.9 Å². The van der Waals surface area contributed by atoms with Gasteiger partial charge in [0, 0.05) is 12.4 Å². The zero-order chi connectivity index (χ0) is 9.76. The van der Waals surface area contributed by atoms with E-state index in [9.17, 15) is 0 Å². The van der Waals surface area contributed by atoms with E-state index in [1.807, 2.05) is 7.11 Å². The normalized spacial score (nSPS) is 55.3. The molecule has 0 N–H and O–H groups in total. The topological polar surface area (TPSA) is 9.23 Å². The fourth-order valence-corrected chi connectivity index (χ4v) is 5.73. The lowest BCUT2D eigenvalue weighted by Gasteiger charge is -2.60. The molecule has 0 aromatic rings. The van der Waals surface area contributed by atoms with Gasteiger partial charge < -0.3 is 4.74 Å². The molecule has 4 rings (SSSR count). The third-order valence-electron chi connectivity index (χ3n) is 5.11. The van der Waals surface area contributed by atoms with Gasteiger partial charge in [-0.05, 0) is 55.8 Å². The number of hydrogen-bond acceptors (Lipinski definition) is 1. The second kappa shape index (κ2) is 3.21. The molecule has 4 aliphatic carbocycles. The summed E-state index contributed by atoms with van der Waals surface area (Å²) in [5, 5.41) is 1.05. The van der Waals surface area contributed by atoms with Crippen molar-refractivity contribution in [2.75, 3.05) is 12.4 Å². The molecule has 0 spiro atoms. The molecule has 0 aromatic carbocycles. The number of rotatable bonds is 2. The van der Waals surface area contributed by atoms with Crippen LogP contribution < -0.4 is 0 Å². The average molecular weight is 259 g/mol. The van der Waals surface area contributed by atoms with E-state index in [-0.39, 0.29) is 5.60 Å². The minimum Gasteiger partial charge on any atom is -0.377 e. The summed E-state index contributed by atoms with van der Waals surface area (Å²) < 4.78 is 5.92. The first-order valence-electron chi connectivity index (χ1n) is 5.89. The Balaban J connectivity index is 1.93. The zero-order valence-electron chi connectivity index (χ0n) is 8.84. The summed E-state index contributed by atoms with van der Waals surface area (Å²) in [5.74, 6) is 3.78. The van der Waals surface area contributed by atoms with Crippen molar-refractivity contribution in [1.82, 2.24) is 0 Å². The molecule has 0 aromatic heterocycles. The Kier molecular flexibility index (Phi) is 2.22. The maximum absolute atomic E-state index is 5.92. The van der Waals surface area contributed by atoms with Crippen LogP contribution in [0.25, 0.3) is 0 Å². The summed E-state index contributed by atoms with van der Waals surface area (Å²) in [6, 6.07) is 0. The molecule has 0 unspecified atom stereocenters. The Morgan fingerprint density at radius 2 is 1.57 bits per heavy atom. The van der Waals surface area contributed by atoms with Gasteiger partial charge in [0.1, 0.15) is 0 Å². The first kappa shape index (κ1) is 9.65. The maximum Gasteiger partial charge on any atom is 0.0831 e. The molecule has 0 atom stereocenters. The summed E-state index contributed by atoms with van der Waals surface area (Å²) in [7, 11) is 1.92. The summed E-state index contributed by atoms with van der Waals surface area (Å²) in [4.78, 5) is 0. The second-order valence-corrected chi connectivity index (χ2v) is 6.16. The summed E-state index contributed by atoms with van der Waals surface area (Å²) in [6.45, 7) is 0. The first-order valence-corrected chi connectivity index (χ1v) is 7.01. The predicted molar refractivity (Wildman–Crippen MR) is 60.6 cm³/mol. The molecule has 4 fully saturated rings.